The summed E-state index contributed by atoms with van der Waals surface area (Å²) in [7, 11) is 3.57. The molecule has 0 fully saturated rings. The summed E-state index contributed by atoms with van der Waals surface area (Å²) < 4.78 is 29.9. The molecule has 3 aromatic rings. The number of aryl methyl sites for hydroxylation is 1. The van der Waals surface area contributed by atoms with Crippen molar-refractivity contribution in [2.45, 2.75) is 19.4 Å². The van der Waals surface area contributed by atoms with Crippen LogP contribution in [0.25, 0.3) is 5.78 Å². The van der Waals surface area contributed by atoms with Crippen LogP contribution in [0.2, 0.25) is 0 Å². The largest absolute Gasteiger partial charge is 0.368 e. The highest BCUT2D eigenvalue weighted by Gasteiger charge is 2.22. The van der Waals surface area contributed by atoms with E-state index < -0.39 is 17.7 Å². The fraction of sp³-hybridized carbons (Fsp3) is 0.353. The van der Waals surface area contributed by atoms with Gasteiger partial charge in [0, 0.05) is 23.9 Å². The van der Waals surface area contributed by atoms with Gasteiger partial charge < -0.3 is 10.2 Å². The third-order valence-electron chi connectivity index (χ3n) is 4.10. The van der Waals surface area contributed by atoms with E-state index in [1.165, 1.54) is 24.5 Å². The van der Waals surface area contributed by atoms with E-state index in [0.29, 0.717) is 18.1 Å². The average Bonchev–Trinajstić information content (AvgIpc) is 3.05. The van der Waals surface area contributed by atoms with E-state index in [2.05, 4.69) is 20.4 Å². The normalized spacial score (nSPS) is 12.7. The summed E-state index contributed by atoms with van der Waals surface area (Å²) in [5, 5.41) is 7.37. The van der Waals surface area contributed by atoms with Crippen molar-refractivity contribution in [3.05, 3.63) is 53.5 Å². The van der Waals surface area contributed by atoms with Crippen LogP contribution in [-0.2, 0) is 6.42 Å². The number of aromatic nitrogens is 4. The molecule has 8 heteroatoms. The molecule has 2 aromatic heterocycles. The third kappa shape index (κ3) is 3.43. The highest BCUT2D eigenvalue weighted by Crippen LogP contribution is 2.25. The number of halogens is 2. The highest BCUT2D eigenvalue weighted by atomic mass is 19.1. The van der Waals surface area contributed by atoms with Crippen LogP contribution < -0.4 is 5.32 Å². The predicted octanol–water partition coefficient (Wildman–Crippen LogP) is 2.68. The summed E-state index contributed by atoms with van der Waals surface area (Å²) in [6, 6.07) is 5.28. The SMILES string of the molecule is CCc1cc(NCC(c2c(F)cccc2F)N(C)C)n2ncnc2n1. The second-order valence-corrected chi connectivity index (χ2v) is 5.95. The molecule has 0 amide bonds. The van der Waals surface area contributed by atoms with Crippen molar-refractivity contribution in [1.29, 1.82) is 0 Å². The van der Waals surface area contributed by atoms with E-state index in [9.17, 15) is 8.78 Å². The Labute approximate surface area is 144 Å². The summed E-state index contributed by atoms with van der Waals surface area (Å²) in [6.07, 6.45) is 2.17. The summed E-state index contributed by atoms with van der Waals surface area (Å²) in [4.78, 5) is 10.3. The van der Waals surface area contributed by atoms with Crippen molar-refractivity contribution in [2.24, 2.45) is 0 Å². The molecule has 1 N–H and O–H groups in total. The summed E-state index contributed by atoms with van der Waals surface area (Å²) in [5.74, 6) is 0.0500. The van der Waals surface area contributed by atoms with Gasteiger partial charge in [-0.3, -0.25) is 0 Å². The number of benzene rings is 1. The molecular formula is C17H20F2N6. The third-order valence-corrected chi connectivity index (χ3v) is 4.10. The number of nitrogens with zero attached hydrogens (tertiary/aromatic N) is 5. The number of fused-ring (bicyclic) bond motifs is 1. The number of anilines is 1. The van der Waals surface area contributed by atoms with E-state index in [1.54, 1.807) is 23.5 Å². The Hall–Kier alpha value is -2.61. The first-order valence-electron chi connectivity index (χ1n) is 8.05. The zero-order valence-corrected chi connectivity index (χ0v) is 14.4. The van der Waals surface area contributed by atoms with Crippen molar-refractivity contribution in [1.82, 2.24) is 24.5 Å². The molecule has 0 saturated heterocycles. The minimum atomic E-state index is -0.560. The van der Waals surface area contributed by atoms with Crippen LogP contribution >= 0.6 is 0 Å². The predicted molar refractivity (Wildman–Crippen MR) is 91.4 cm³/mol. The molecule has 1 atom stereocenters. The first kappa shape index (κ1) is 17.2. The standard InChI is InChI=1S/C17H20F2N6/c1-4-11-8-15(25-17(23-11)21-10-22-25)20-9-14(24(2)3)16-12(18)6-5-7-13(16)19/h5-8,10,14,20H,4,9H2,1-3H3. The van der Waals surface area contributed by atoms with E-state index in [4.69, 9.17) is 0 Å². The van der Waals surface area contributed by atoms with Gasteiger partial charge in [0.2, 0.25) is 0 Å². The van der Waals surface area contributed by atoms with Crippen LogP contribution in [0, 0.1) is 11.6 Å². The van der Waals surface area contributed by atoms with Crippen LogP contribution in [0.4, 0.5) is 14.6 Å². The maximum atomic E-state index is 14.2. The molecule has 0 aliphatic heterocycles. The molecular weight excluding hydrogens is 326 g/mol. The molecule has 0 saturated carbocycles. The number of nitrogens with one attached hydrogen (secondary N) is 1. The lowest BCUT2D eigenvalue weighted by Gasteiger charge is -2.26. The molecule has 2 heterocycles. The summed E-state index contributed by atoms with van der Waals surface area (Å²) in [6.45, 7) is 2.29. The van der Waals surface area contributed by atoms with Crippen LogP contribution in [0.15, 0.2) is 30.6 Å². The number of hydrogen-bond acceptors (Lipinski definition) is 5. The van der Waals surface area contributed by atoms with Gasteiger partial charge in [-0.05, 0) is 32.6 Å². The minimum absolute atomic E-state index is 0.0413. The molecule has 0 bridgehead atoms. The molecule has 3 rings (SSSR count). The molecule has 132 valence electrons. The van der Waals surface area contributed by atoms with Crippen LogP contribution in [0.1, 0.15) is 24.2 Å². The van der Waals surface area contributed by atoms with Gasteiger partial charge in [0.15, 0.2) is 0 Å². The number of rotatable bonds is 6. The average molecular weight is 346 g/mol. The van der Waals surface area contributed by atoms with Gasteiger partial charge >= 0.3 is 0 Å². The zero-order valence-electron chi connectivity index (χ0n) is 14.4. The van der Waals surface area contributed by atoms with Gasteiger partial charge in [-0.25, -0.2) is 13.8 Å². The summed E-state index contributed by atoms with van der Waals surface area (Å²) >= 11 is 0. The molecule has 0 aliphatic carbocycles. The van der Waals surface area contributed by atoms with Crippen molar-refractivity contribution in [3.8, 4) is 0 Å². The Morgan fingerprint density at radius 3 is 2.60 bits per heavy atom. The maximum Gasteiger partial charge on any atom is 0.254 e. The minimum Gasteiger partial charge on any atom is -0.368 e. The topological polar surface area (TPSA) is 58.4 Å². The van der Waals surface area contributed by atoms with Gasteiger partial charge in [0.25, 0.3) is 5.78 Å². The fourth-order valence-electron chi connectivity index (χ4n) is 2.74. The van der Waals surface area contributed by atoms with Gasteiger partial charge in [0.1, 0.15) is 23.8 Å². The molecule has 25 heavy (non-hydrogen) atoms. The zero-order chi connectivity index (χ0) is 18.0. The first-order chi connectivity index (χ1) is 12.0. The Balaban J connectivity index is 1.91. The molecule has 0 spiro atoms. The first-order valence-corrected chi connectivity index (χ1v) is 8.05. The molecule has 0 aliphatic rings. The number of likely N-dealkylation sites (N-methyl/N-ethyl adjacent to an activating group) is 1. The Kier molecular flexibility index (Phi) is 4.89. The Bertz CT molecular complexity index is 856. The smallest absolute Gasteiger partial charge is 0.254 e. The molecule has 0 radical (unpaired) electrons. The highest BCUT2D eigenvalue weighted by molar-refractivity contribution is 5.45. The fourth-order valence-corrected chi connectivity index (χ4v) is 2.74. The van der Waals surface area contributed by atoms with Crippen molar-refractivity contribution >= 4 is 11.6 Å². The molecule has 1 aromatic carbocycles. The maximum absolute atomic E-state index is 14.2. The van der Waals surface area contributed by atoms with Gasteiger partial charge in [-0.15, -0.1) is 0 Å². The lowest BCUT2D eigenvalue weighted by Crippen LogP contribution is -2.29. The quantitative estimate of drug-likeness (QED) is 0.744. The van der Waals surface area contributed by atoms with Crippen LogP contribution in [-0.4, -0.2) is 45.1 Å². The van der Waals surface area contributed by atoms with Crippen molar-refractivity contribution in [3.63, 3.8) is 0 Å². The van der Waals surface area contributed by atoms with E-state index in [1.807, 2.05) is 13.0 Å². The molecule has 6 nitrogen and oxygen atoms in total. The number of hydrogen-bond donors (Lipinski definition) is 1. The molecule has 1 unspecified atom stereocenters. The van der Waals surface area contributed by atoms with E-state index in [-0.39, 0.29) is 5.56 Å². The van der Waals surface area contributed by atoms with Gasteiger partial charge in [-0.2, -0.15) is 14.6 Å². The monoisotopic (exact) mass is 346 g/mol. The van der Waals surface area contributed by atoms with Crippen LogP contribution in [0.3, 0.4) is 0 Å². The lowest BCUT2D eigenvalue weighted by molar-refractivity contribution is 0.295. The summed E-state index contributed by atoms with van der Waals surface area (Å²) in [5.41, 5.74) is 0.904. The van der Waals surface area contributed by atoms with Gasteiger partial charge in [-0.1, -0.05) is 13.0 Å². The second-order valence-electron chi connectivity index (χ2n) is 5.95. The Morgan fingerprint density at radius 2 is 1.96 bits per heavy atom. The lowest BCUT2D eigenvalue weighted by atomic mass is 10.0. The van der Waals surface area contributed by atoms with Crippen molar-refractivity contribution < 1.29 is 8.78 Å². The van der Waals surface area contributed by atoms with E-state index in [0.717, 1.165) is 12.1 Å². The Morgan fingerprint density at radius 1 is 1.24 bits per heavy atom. The van der Waals surface area contributed by atoms with Crippen LogP contribution in [0.5, 0.6) is 0 Å². The van der Waals surface area contributed by atoms with E-state index >= 15 is 0 Å². The van der Waals surface area contributed by atoms with Gasteiger partial charge in [0.05, 0.1) is 6.04 Å². The van der Waals surface area contributed by atoms with Crippen molar-refractivity contribution in [2.75, 3.05) is 26.0 Å². The second kappa shape index (κ2) is 7.10.